The van der Waals surface area contributed by atoms with E-state index in [0.29, 0.717) is 12.8 Å². The number of carboxylic acids is 1. The molecule has 0 radical (unpaired) electrons. The fourth-order valence-electron chi connectivity index (χ4n) is 3.64. The van der Waals surface area contributed by atoms with Crippen LogP contribution in [0.3, 0.4) is 0 Å². The summed E-state index contributed by atoms with van der Waals surface area (Å²) in [5, 5.41) is 9.29. The van der Waals surface area contributed by atoms with Crippen molar-refractivity contribution >= 4 is 27.6 Å². The number of likely N-dealkylation sites (tertiary alicyclic amines) is 1. The van der Waals surface area contributed by atoms with E-state index in [0.717, 1.165) is 17.6 Å². The standard InChI is InChI=1S/C21H25BrN2O2/c1-23(2)17-9-7-15(8-10-17)20(18-5-3-4-6-19(18)22)24-13-11-16(12-14-24)21(25)26/h3-10,16,20H,11-14H2,1-2H3,(H,25,26). The number of anilines is 1. The molecule has 5 heteroatoms. The molecule has 0 aliphatic carbocycles. The first-order valence-corrected chi connectivity index (χ1v) is 9.75. The molecular weight excluding hydrogens is 392 g/mol. The lowest BCUT2D eigenvalue weighted by molar-refractivity contribution is -0.143. The Labute approximate surface area is 163 Å². The van der Waals surface area contributed by atoms with Gasteiger partial charge in [0.05, 0.1) is 12.0 Å². The summed E-state index contributed by atoms with van der Waals surface area (Å²) >= 11 is 3.70. The van der Waals surface area contributed by atoms with Crippen LogP contribution in [0.4, 0.5) is 5.69 Å². The molecule has 0 bridgehead atoms. The van der Waals surface area contributed by atoms with Crippen molar-refractivity contribution < 1.29 is 9.90 Å². The van der Waals surface area contributed by atoms with Crippen LogP contribution in [0.15, 0.2) is 53.0 Å². The molecule has 138 valence electrons. The molecule has 0 aromatic heterocycles. The van der Waals surface area contributed by atoms with Crippen LogP contribution in [-0.4, -0.2) is 43.2 Å². The summed E-state index contributed by atoms with van der Waals surface area (Å²) < 4.78 is 1.09. The van der Waals surface area contributed by atoms with Gasteiger partial charge >= 0.3 is 5.97 Å². The molecule has 1 aliphatic rings. The Morgan fingerprint density at radius 3 is 2.27 bits per heavy atom. The molecule has 26 heavy (non-hydrogen) atoms. The van der Waals surface area contributed by atoms with Crippen LogP contribution in [0.25, 0.3) is 0 Å². The lowest BCUT2D eigenvalue weighted by Crippen LogP contribution is -2.39. The van der Waals surface area contributed by atoms with Crippen molar-refractivity contribution in [3.63, 3.8) is 0 Å². The summed E-state index contributed by atoms with van der Waals surface area (Å²) in [5.41, 5.74) is 3.62. The summed E-state index contributed by atoms with van der Waals surface area (Å²) in [6, 6.07) is 17.1. The summed E-state index contributed by atoms with van der Waals surface area (Å²) in [6.07, 6.45) is 1.40. The third-order valence-electron chi connectivity index (χ3n) is 5.17. The van der Waals surface area contributed by atoms with Gasteiger partial charge in [0.2, 0.25) is 0 Å². The molecule has 3 rings (SSSR count). The Kier molecular flexibility index (Phi) is 5.99. The molecule has 0 amide bonds. The number of hydrogen-bond acceptors (Lipinski definition) is 3. The smallest absolute Gasteiger partial charge is 0.306 e. The monoisotopic (exact) mass is 416 g/mol. The second kappa shape index (κ2) is 8.23. The van der Waals surface area contributed by atoms with E-state index >= 15 is 0 Å². The lowest BCUT2D eigenvalue weighted by atomic mass is 9.91. The number of nitrogens with zero attached hydrogens (tertiary/aromatic N) is 2. The average molecular weight is 417 g/mol. The Bertz CT molecular complexity index is 753. The summed E-state index contributed by atoms with van der Waals surface area (Å²) in [6.45, 7) is 1.58. The van der Waals surface area contributed by atoms with E-state index in [1.807, 2.05) is 20.2 Å². The predicted octanol–water partition coefficient (Wildman–Crippen LogP) is 4.40. The van der Waals surface area contributed by atoms with Gasteiger partial charge in [-0.05, 0) is 55.3 Å². The quantitative estimate of drug-likeness (QED) is 0.783. The van der Waals surface area contributed by atoms with E-state index in [1.54, 1.807) is 0 Å². The van der Waals surface area contributed by atoms with Crippen molar-refractivity contribution in [3.05, 3.63) is 64.1 Å². The van der Waals surface area contributed by atoms with Gasteiger partial charge in [0, 0.05) is 24.3 Å². The topological polar surface area (TPSA) is 43.8 Å². The highest BCUT2D eigenvalue weighted by Crippen LogP contribution is 2.36. The van der Waals surface area contributed by atoms with Crippen LogP contribution in [0, 0.1) is 5.92 Å². The summed E-state index contributed by atoms with van der Waals surface area (Å²) in [7, 11) is 4.08. The highest BCUT2D eigenvalue weighted by Gasteiger charge is 2.30. The molecular formula is C21H25BrN2O2. The number of carbonyl (C=O) groups is 1. The van der Waals surface area contributed by atoms with Crippen molar-refractivity contribution in [3.8, 4) is 0 Å². The summed E-state index contributed by atoms with van der Waals surface area (Å²) in [4.78, 5) is 15.8. The zero-order valence-corrected chi connectivity index (χ0v) is 16.8. The molecule has 1 unspecified atom stereocenters. The van der Waals surface area contributed by atoms with E-state index in [2.05, 4.69) is 68.2 Å². The van der Waals surface area contributed by atoms with Crippen molar-refractivity contribution in [1.29, 1.82) is 0 Å². The van der Waals surface area contributed by atoms with Crippen LogP contribution in [-0.2, 0) is 4.79 Å². The second-order valence-corrected chi connectivity index (χ2v) is 7.91. The van der Waals surface area contributed by atoms with E-state index in [-0.39, 0.29) is 12.0 Å². The molecule has 1 aliphatic heterocycles. The van der Waals surface area contributed by atoms with Gasteiger partial charge in [0.1, 0.15) is 0 Å². The van der Waals surface area contributed by atoms with Gasteiger partial charge in [-0.2, -0.15) is 0 Å². The molecule has 0 saturated carbocycles. The Morgan fingerprint density at radius 1 is 1.12 bits per heavy atom. The fourth-order valence-corrected chi connectivity index (χ4v) is 4.14. The zero-order chi connectivity index (χ0) is 18.7. The average Bonchev–Trinajstić information content (AvgIpc) is 2.64. The Balaban J connectivity index is 1.93. The second-order valence-electron chi connectivity index (χ2n) is 7.06. The largest absolute Gasteiger partial charge is 0.481 e. The van der Waals surface area contributed by atoms with Crippen molar-refractivity contribution in [2.24, 2.45) is 5.92 Å². The molecule has 0 spiro atoms. The number of hydrogen-bond donors (Lipinski definition) is 1. The first-order chi connectivity index (χ1) is 12.5. The molecule has 4 nitrogen and oxygen atoms in total. The molecule has 1 fully saturated rings. The molecule has 1 heterocycles. The van der Waals surface area contributed by atoms with Gasteiger partial charge in [-0.1, -0.05) is 46.3 Å². The minimum Gasteiger partial charge on any atom is -0.481 e. The van der Waals surface area contributed by atoms with Crippen LogP contribution in [0.2, 0.25) is 0 Å². The van der Waals surface area contributed by atoms with E-state index in [4.69, 9.17) is 0 Å². The van der Waals surface area contributed by atoms with Crippen LogP contribution < -0.4 is 4.90 Å². The maximum absolute atomic E-state index is 11.3. The third kappa shape index (κ3) is 4.10. The van der Waals surface area contributed by atoms with E-state index in [1.165, 1.54) is 16.8 Å². The van der Waals surface area contributed by atoms with Gasteiger partial charge in [-0.3, -0.25) is 9.69 Å². The Morgan fingerprint density at radius 2 is 1.73 bits per heavy atom. The molecule has 1 saturated heterocycles. The number of rotatable bonds is 5. The van der Waals surface area contributed by atoms with Crippen molar-refractivity contribution in [2.75, 3.05) is 32.1 Å². The Hall–Kier alpha value is -1.85. The SMILES string of the molecule is CN(C)c1ccc(C(c2ccccc2Br)N2CCC(C(=O)O)CC2)cc1. The minimum absolute atomic E-state index is 0.122. The first kappa shape index (κ1) is 18.9. The number of carboxylic acid groups (broad SMARTS) is 1. The van der Waals surface area contributed by atoms with Gasteiger partial charge in [0.25, 0.3) is 0 Å². The normalized spacial score (nSPS) is 17.0. The maximum Gasteiger partial charge on any atom is 0.306 e. The number of aliphatic carboxylic acids is 1. The molecule has 2 aromatic rings. The fraction of sp³-hybridized carbons (Fsp3) is 0.381. The maximum atomic E-state index is 11.3. The van der Waals surface area contributed by atoms with Crippen LogP contribution in [0.1, 0.15) is 30.0 Å². The molecule has 2 aromatic carbocycles. The van der Waals surface area contributed by atoms with Crippen LogP contribution in [0.5, 0.6) is 0 Å². The van der Waals surface area contributed by atoms with Crippen LogP contribution >= 0.6 is 15.9 Å². The van der Waals surface area contributed by atoms with Gasteiger partial charge < -0.3 is 10.0 Å². The number of benzene rings is 2. The zero-order valence-electron chi connectivity index (χ0n) is 15.2. The lowest BCUT2D eigenvalue weighted by Gasteiger charge is -2.37. The van der Waals surface area contributed by atoms with Gasteiger partial charge in [-0.15, -0.1) is 0 Å². The third-order valence-corrected chi connectivity index (χ3v) is 5.89. The molecule has 1 N–H and O–H groups in total. The highest BCUT2D eigenvalue weighted by atomic mass is 79.9. The van der Waals surface area contributed by atoms with Crippen molar-refractivity contribution in [2.45, 2.75) is 18.9 Å². The number of piperidine rings is 1. The molecule has 1 atom stereocenters. The van der Waals surface area contributed by atoms with E-state index in [9.17, 15) is 9.90 Å². The summed E-state index contributed by atoms with van der Waals surface area (Å²) in [5.74, 6) is -0.889. The highest BCUT2D eigenvalue weighted by molar-refractivity contribution is 9.10. The first-order valence-electron chi connectivity index (χ1n) is 8.96. The number of halogens is 1. The minimum atomic E-state index is -0.669. The van der Waals surface area contributed by atoms with Gasteiger partial charge in [0.15, 0.2) is 0 Å². The van der Waals surface area contributed by atoms with Crippen molar-refractivity contribution in [1.82, 2.24) is 4.90 Å². The predicted molar refractivity (Wildman–Crippen MR) is 109 cm³/mol. The van der Waals surface area contributed by atoms with Gasteiger partial charge in [-0.25, -0.2) is 0 Å². The van der Waals surface area contributed by atoms with E-state index < -0.39 is 5.97 Å².